The number of anilines is 2. The Labute approximate surface area is 256 Å². The Morgan fingerprint density at radius 3 is 2.58 bits per heavy atom. The van der Waals surface area contributed by atoms with E-state index in [2.05, 4.69) is 20.2 Å². The van der Waals surface area contributed by atoms with Gasteiger partial charge in [-0.3, -0.25) is 4.90 Å². The number of aromatic nitrogens is 3. The molecular formula is C28H30ClF2N7O3S2. The maximum atomic E-state index is 16.7. The van der Waals surface area contributed by atoms with E-state index >= 15 is 4.39 Å². The topological polar surface area (TPSA) is 127 Å². The second-order valence-corrected chi connectivity index (χ2v) is 15.3. The number of ether oxygens (including phenoxy) is 1. The molecule has 7 rings (SSSR count). The molecule has 2 unspecified atom stereocenters. The van der Waals surface area contributed by atoms with Gasteiger partial charge in [-0.2, -0.15) is 9.97 Å². The van der Waals surface area contributed by atoms with Crippen LogP contribution in [0, 0.1) is 11.6 Å². The van der Waals surface area contributed by atoms with Crippen molar-refractivity contribution in [3.05, 3.63) is 34.9 Å². The summed E-state index contributed by atoms with van der Waals surface area (Å²) in [5.41, 5.74) is 6.49. The van der Waals surface area contributed by atoms with E-state index in [-0.39, 0.29) is 49.0 Å². The van der Waals surface area contributed by atoms with Gasteiger partial charge in [0.25, 0.3) is 0 Å². The van der Waals surface area contributed by atoms with Gasteiger partial charge in [0.2, 0.25) is 0 Å². The highest BCUT2D eigenvalue weighted by Crippen LogP contribution is 2.43. The number of nitrogens with one attached hydrogen (secondary N) is 1. The van der Waals surface area contributed by atoms with Crippen LogP contribution < -0.4 is 20.7 Å². The molecule has 3 atom stereocenters. The Balaban J connectivity index is 1.31. The number of piperazine rings is 1. The lowest BCUT2D eigenvalue weighted by atomic mass is 10.0. The Morgan fingerprint density at radius 2 is 1.86 bits per heavy atom. The van der Waals surface area contributed by atoms with Crippen molar-refractivity contribution < 1.29 is 21.9 Å². The van der Waals surface area contributed by atoms with Crippen LogP contribution in [-0.2, 0) is 9.84 Å². The summed E-state index contributed by atoms with van der Waals surface area (Å²) in [5, 5.41) is 4.33. The lowest BCUT2D eigenvalue weighted by Gasteiger charge is -2.34. The summed E-state index contributed by atoms with van der Waals surface area (Å²) in [5.74, 6) is -0.444. The first kappa shape index (κ1) is 28.8. The molecule has 3 saturated heterocycles. The third-order valence-electron chi connectivity index (χ3n) is 8.40. The minimum atomic E-state index is -3.01. The molecular weight excluding hydrogens is 620 g/mol. The van der Waals surface area contributed by atoms with Crippen molar-refractivity contribution in [2.45, 2.75) is 38.0 Å². The maximum Gasteiger partial charge on any atom is 0.319 e. The van der Waals surface area contributed by atoms with Crippen LogP contribution in [0.25, 0.3) is 32.2 Å². The van der Waals surface area contributed by atoms with E-state index in [9.17, 15) is 12.8 Å². The average Bonchev–Trinajstić information content (AvgIpc) is 3.52. The summed E-state index contributed by atoms with van der Waals surface area (Å²) >= 11 is 7.75. The van der Waals surface area contributed by atoms with Gasteiger partial charge in [-0.15, -0.1) is 0 Å². The number of fused-ring (bicyclic) bond motifs is 4. The number of thiazole rings is 1. The number of nitrogens with zero attached hydrogens (tertiary/aromatic N) is 5. The van der Waals surface area contributed by atoms with Gasteiger partial charge < -0.3 is 20.7 Å². The molecule has 228 valence electrons. The molecule has 3 fully saturated rings. The van der Waals surface area contributed by atoms with Crippen LogP contribution in [0.2, 0.25) is 5.02 Å². The Morgan fingerprint density at radius 1 is 1.14 bits per heavy atom. The SMILES string of the molecule is C[C@@H](CN1CCS(=O)(=O)CC1)Oc1nc(N2CC3CCC(C2)N3)c2cc(Cl)c(-c3ccc(F)c4sc(N)nc34)c(F)c2n1. The fraction of sp³-hybridized carbons (Fsp3) is 0.464. The van der Waals surface area contributed by atoms with Gasteiger partial charge in [-0.25, -0.2) is 22.2 Å². The predicted molar refractivity (Wildman–Crippen MR) is 165 cm³/mol. The predicted octanol–water partition coefficient (Wildman–Crippen LogP) is 3.86. The van der Waals surface area contributed by atoms with E-state index in [4.69, 9.17) is 27.1 Å². The van der Waals surface area contributed by atoms with Crippen molar-refractivity contribution in [3.8, 4) is 17.1 Å². The Bertz CT molecular complexity index is 1830. The number of sulfone groups is 1. The van der Waals surface area contributed by atoms with Gasteiger partial charge in [-0.05, 0) is 38.0 Å². The smallest absolute Gasteiger partial charge is 0.319 e. The molecule has 0 saturated carbocycles. The summed E-state index contributed by atoms with van der Waals surface area (Å²) in [6.45, 7) is 4.56. The second-order valence-electron chi connectivity index (χ2n) is 11.5. The fourth-order valence-electron chi connectivity index (χ4n) is 6.38. The molecule has 3 aliphatic heterocycles. The second kappa shape index (κ2) is 10.9. The highest BCUT2D eigenvalue weighted by atomic mass is 35.5. The molecule has 3 aliphatic rings. The van der Waals surface area contributed by atoms with Crippen LogP contribution in [0.1, 0.15) is 19.8 Å². The van der Waals surface area contributed by atoms with Gasteiger partial charge in [0.1, 0.15) is 23.3 Å². The molecule has 4 aromatic rings. The van der Waals surface area contributed by atoms with E-state index in [1.165, 1.54) is 12.1 Å². The highest BCUT2D eigenvalue weighted by molar-refractivity contribution is 7.91. The zero-order chi connectivity index (χ0) is 30.0. The van der Waals surface area contributed by atoms with Gasteiger partial charge in [0.15, 0.2) is 20.8 Å². The van der Waals surface area contributed by atoms with Crippen LogP contribution in [0.3, 0.4) is 0 Å². The van der Waals surface area contributed by atoms with Gasteiger partial charge in [0.05, 0.1) is 26.7 Å². The van der Waals surface area contributed by atoms with E-state index in [0.29, 0.717) is 61.6 Å². The van der Waals surface area contributed by atoms with Crippen LogP contribution in [-0.4, -0.2) is 90.7 Å². The third-order valence-corrected chi connectivity index (χ3v) is 11.2. The van der Waals surface area contributed by atoms with Gasteiger partial charge in [-0.1, -0.05) is 22.9 Å². The maximum absolute atomic E-state index is 16.7. The van der Waals surface area contributed by atoms with Crippen molar-refractivity contribution in [1.29, 1.82) is 0 Å². The number of hydrogen-bond acceptors (Lipinski definition) is 11. The molecule has 5 heterocycles. The zero-order valence-electron chi connectivity index (χ0n) is 23.3. The Kier molecular flexibility index (Phi) is 7.32. The van der Waals surface area contributed by atoms with Crippen molar-refractivity contribution in [3.63, 3.8) is 0 Å². The molecule has 2 aromatic heterocycles. The normalized spacial score (nSPS) is 22.8. The quantitative estimate of drug-likeness (QED) is 0.318. The van der Waals surface area contributed by atoms with Gasteiger partial charge >= 0.3 is 6.01 Å². The first-order valence-corrected chi connectivity index (χ1v) is 17.2. The molecule has 0 aliphatic carbocycles. The van der Waals surface area contributed by atoms with Crippen LogP contribution in [0.4, 0.5) is 19.7 Å². The number of halogens is 3. The number of benzene rings is 2. The van der Waals surface area contributed by atoms with E-state index < -0.39 is 27.6 Å². The Hall–Kier alpha value is -2.91. The fourth-order valence-corrected chi connectivity index (χ4v) is 8.71. The molecule has 3 N–H and O–H groups in total. The number of nitrogen functional groups attached to an aromatic ring is 1. The number of rotatable bonds is 6. The van der Waals surface area contributed by atoms with Crippen molar-refractivity contribution >= 4 is 64.8 Å². The average molecular weight is 650 g/mol. The van der Waals surface area contributed by atoms with E-state index in [1.54, 1.807) is 6.07 Å². The van der Waals surface area contributed by atoms with E-state index in [0.717, 1.165) is 24.2 Å². The molecule has 15 heteroatoms. The van der Waals surface area contributed by atoms with Crippen molar-refractivity contribution in [2.24, 2.45) is 0 Å². The zero-order valence-corrected chi connectivity index (χ0v) is 25.7. The van der Waals surface area contributed by atoms with Crippen molar-refractivity contribution in [2.75, 3.05) is 54.9 Å². The first-order chi connectivity index (χ1) is 20.5. The standard InChI is InChI=1S/C28H30ClF2N7O3S2/c1-14(11-37-6-8-43(39,40)9-7-37)41-28-35-23-18(26(36-28)38-12-15-2-3-16(13-38)33-15)10-19(29)21(22(23)31)17-4-5-20(30)25-24(17)34-27(32)42-25/h4-5,10,14-16,33H,2-3,6-9,11-13H2,1H3,(H2,32,34)/t14-,15?,16?/m0/s1. The van der Waals surface area contributed by atoms with Gasteiger partial charge in [0, 0.05) is 61.3 Å². The van der Waals surface area contributed by atoms with Crippen LogP contribution in [0.15, 0.2) is 18.2 Å². The largest absolute Gasteiger partial charge is 0.459 e. The summed E-state index contributed by atoms with van der Waals surface area (Å²) < 4.78 is 61.3. The summed E-state index contributed by atoms with van der Waals surface area (Å²) in [6, 6.07) is 4.95. The summed E-state index contributed by atoms with van der Waals surface area (Å²) in [4.78, 5) is 17.7. The summed E-state index contributed by atoms with van der Waals surface area (Å²) in [7, 11) is -3.01. The monoisotopic (exact) mass is 649 g/mol. The molecule has 0 spiro atoms. The highest BCUT2D eigenvalue weighted by Gasteiger charge is 2.35. The number of nitrogens with two attached hydrogens (primary N) is 1. The molecule has 2 aromatic carbocycles. The minimum absolute atomic E-state index is 0.0137. The lowest BCUT2D eigenvalue weighted by Crippen LogP contribution is -2.51. The number of hydrogen-bond donors (Lipinski definition) is 2. The van der Waals surface area contributed by atoms with Crippen LogP contribution >= 0.6 is 22.9 Å². The van der Waals surface area contributed by atoms with Crippen molar-refractivity contribution in [1.82, 2.24) is 25.2 Å². The van der Waals surface area contributed by atoms with E-state index in [1.807, 2.05) is 11.8 Å². The molecule has 10 nitrogen and oxygen atoms in total. The molecule has 0 amide bonds. The summed E-state index contributed by atoms with van der Waals surface area (Å²) in [6.07, 6.45) is 1.70. The first-order valence-electron chi connectivity index (χ1n) is 14.2. The minimum Gasteiger partial charge on any atom is -0.459 e. The molecule has 0 radical (unpaired) electrons. The molecule has 43 heavy (non-hydrogen) atoms. The lowest BCUT2D eigenvalue weighted by molar-refractivity contribution is 0.141. The third kappa shape index (κ3) is 5.48. The molecule has 2 bridgehead atoms. The van der Waals surface area contributed by atoms with Crippen LogP contribution in [0.5, 0.6) is 6.01 Å².